The predicted octanol–water partition coefficient (Wildman–Crippen LogP) is 15.2. The molecule has 76 heavy (non-hydrogen) atoms. The van der Waals surface area contributed by atoms with Crippen LogP contribution in [0.15, 0.2) is 0 Å². The second kappa shape index (κ2) is 70.4. The number of carboxylic acids is 1. The van der Waals surface area contributed by atoms with Gasteiger partial charge in [0.15, 0.2) is 23.5 Å². The number of ketones is 3. The minimum absolute atomic E-state index is 0.000478. The lowest BCUT2D eigenvalue weighted by atomic mass is 10.0. The summed E-state index contributed by atoms with van der Waals surface area (Å²) in [5.41, 5.74) is 4.81. The van der Waals surface area contributed by atoms with E-state index in [2.05, 4.69) is 35.0 Å². The molecule has 5 N–H and O–H groups in total. The molecule has 452 valence electrons. The molecule has 0 aromatic heterocycles. The van der Waals surface area contributed by atoms with E-state index in [9.17, 15) is 38.7 Å². The molecule has 16 heteroatoms. The molecule has 0 saturated heterocycles. The molecular formula is C60H115Cl2NO13. The second-order valence-electron chi connectivity index (χ2n) is 19.7. The number of aliphatic hydroxyl groups is 2. The highest BCUT2D eigenvalue weighted by Gasteiger charge is 2.17. The first-order valence-electron chi connectivity index (χ1n) is 29.8. The molecule has 0 radical (unpaired) electrons. The lowest BCUT2D eigenvalue weighted by Crippen LogP contribution is -2.21. The fourth-order valence-corrected chi connectivity index (χ4v) is 7.94. The van der Waals surface area contributed by atoms with Crippen LogP contribution in [-0.2, 0) is 47.8 Å². The number of Topliss-reactive ketones (excluding diaryl/α,β-unsaturated/α-hetero) is 3. The Balaban J connectivity index is -0.000000307. The lowest BCUT2D eigenvalue weighted by molar-refractivity contribution is -0.147. The minimum Gasteiger partial charge on any atom is -0.479 e. The van der Waals surface area contributed by atoms with Crippen molar-refractivity contribution in [1.29, 1.82) is 0 Å². The van der Waals surface area contributed by atoms with E-state index in [4.69, 9.17) is 39.1 Å². The van der Waals surface area contributed by atoms with Crippen molar-refractivity contribution in [2.75, 3.05) is 33.2 Å². The van der Waals surface area contributed by atoms with Gasteiger partial charge in [0, 0.05) is 19.3 Å². The molecule has 0 heterocycles. The average Bonchev–Trinajstić information content (AvgIpc) is 3.42. The summed E-state index contributed by atoms with van der Waals surface area (Å²) < 4.78 is 13.1. The summed E-state index contributed by atoms with van der Waals surface area (Å²) in [5.74, 6) is -3.35. The third kappa shape index (κ3) is 73.4. The van der Waals surface area contributed by atoms with Gasteiger partial charge in [-0.2, -0.15) is 0 Å². The first kappa shape index (κ1) is 82.2. The Labute approximate surface area is 473 Å². The smallest absolute Gasteiger partial charge is 0.332 e. The van der Waals surface area contributed by atoms with E-state index < -0.39 is 35.9 Å². The SMILES string of the molecule is CCCCCCCCCCCCCCC(=O)C(=O)CCC(=O)OC.CCCCCCCCCCCCCCC(O)C(=O)CCC(=O)OC.CCCCCCCCCCCCCCC(O)C(=O)O.COC(=O)CN.ClCCl. The van der Waals surface area contributed by atoms with Crippen LogP contribution in [0.3, 0.4) is 0 Å². The Morgan fingerprint density at radius 1 is 0.368 bits per heavy atom. The van der Waals surface area contributed by atoms with E-state index in [0.717, 1.165) is 44.9 Å². The number of unbranched alkanes of at least 4 members (excludes halogenated alkanes) is 33. The molecule has 0 aliphatic carbocycles. The average molecular weight is 1130 g/mol. The van der Waals surface area contributed by atoms with Gasteiger partial charge < -0.3 is 35.3 Å². The van der Waals surface area contributed by atoms with Gasteiger partial charge in [-0.3, -0.25) is 28.8 Å². The standard InChI is InChI=1S/C20H38O4.C20H36O4.C16H32O3.C3H7NO2.CH2Cl2/c2*1-3-4-5-6-7-8-9-10-11-12-13-14-15-18(21)19(22)16-17-20(23)24-2;1-2-3-4-5-6-7-8-9-10-11-12-13-14-15(17)16(18)19;1-6-3(5)2-4;2-1-3/h18,21H,3-17H2,1-2H3;3-17H2,1-2H3;15,17H,2-14H2,1H3,(H,18,19);2,4H2,1H3;1H2. The summed E-state index contributed by atoms with van der Waals surface area (Å²) in [6.07, 6.45) is 44.5. The van der Waals surface area contributed by atoms with Crippen molar-refractivity contribution >= 4 is 64.4 Å². The van der Waals surface area contributed by atoms with E-state index in [1.54, 1.807) is 0 Å². The summed E-state index contributed by atoms with van der Waals surface area (Å²) in [6, 6.07) is 0. The van der Waals surface area contributed by atoms with Gasteiger partial charge in [-0.1, -0.05) is 245 Å². The zero-order valence-corrected chi connectivity index (χ0v) is 50.7. The van der Waals surface area contributed by atoms with Crippen LogP contribution in [0.4, 0.5) is 0 Å². The Morgan fingerprint density at radius 3 is 0.882 bits per heavy atom. The molecule has 2 atom stereocenters. The van der Waals surface area contributed by atoms with E-state index in [1.807, 2.05) is 0 Å². The molecule has 0 spiro atoms. The van der Waals surface area contributed by atoms with E-state index in [0.29, 0.717) is 19.3 Å². The Bertz CT molecular complexity index is 1300. The third-order valence-corrected chi connectivity index (χ3v) is 12.9. The van der Waals surface area contributed by atoms with Gasteiger partial charge in [-0.05, 0) is 19.3 Å². The first-order valence-corrected chi connectivity index (χ1v) is 30.9. The second-order valence-corrected chi connectivity index (χ2v) is 20.5. The third-order valence-electron chi connectivity index (χ3n) is 12.9. The summed E-state index contributed by atoms with van der Waals surface area (Å²) in [5, 5.41) is 27.6. The van der Waals surface area contributed by atoms with Crippen LogP contribution < -0.4 is 5.73 Å². The predicted molar refractivity (Wildman–Crippen MR) is 312 cm³/mol. The molecule has 0 rings (SSSR count). The van der Waals surface area contributed by atoms with Crippen LogP contribution in [0.25, 0.3) is 0 Å². The van der Waals surface area contributed by atoms with Crippen molar-refractivity contribution in [1.82, 2.24) is 0 Å². The highest BCUT2D eigenvalue weighted by Crippen LogP contribution is 2.16. The van der Waals surface area contributed by atoms with E-state index in [-0.39, 0.29) is 55.1 Å². The minimum atomic E-state index is -1.16. The van der Waals surface area contributed by atoms with Crippen LogP contribution in [0, 0.1) is 0 Å². The maximum absolute atomic E-state index is 11.6. The zero-order valence-electron chi connectivity index (χ0n) is 49.2. The van der Waals surface area contributed by atoms with Gasteiger partial charge in [0.25, 0.3) is 0 Å². The van der Waals surface area contributed by atoms with Crippen molar-refractivity contribution in [3.05, 3.63) is 0 Å². The number of esters is 3. The van der Waals surface area contributed by atoms with Crippen LogP contribution in [0.2, 0.25) is 0 Å². The van der Waals surface area contributed by atoms with E-state index in [1.165, 1.54) is 208 Å². The highest BCUT2D eigenvalue weighted by atomic mass is 35.5. The van der Waals surface area contributed by atoms with Gasteiger partial charge in [0.05, 0.1) is 46.1 Å². The summed E-state index contributed by atoms with van der Waals surface area (Å²) in [7, 11) is 3.88. The molecular weight excluding hydrogens is 1010 g/mol. The number of ether oxygens (including phenoxy) is 3. The number of carbonyl (C=O) groups is 7. The van der Waals surface area contributed by atoms with Gasteiger partial charge in [0.1, 0.15) is 6.10 Å². The van der Waals surface area contributed by atoms with Gasteiger partial charge >= 0.3 is 23.9 Å². The number of alkyl halides is 2. The molecule has 0 amide bonds. The molecule has 0 fully saturated rings. The van der Waals surface area contributed by atoms with Crippen molar-refractivity contribution in [2.45, 2.75) is 309 Å². The first-order chi connectivity index (χ1) is 36.6. The van der Waals surface area contributed by atoms with Gasteiger partial charge in [-0.15, -0.1) is 23.2 Å². The number of carbonyl (C=O) groups excluding carboxylic acids is 6. The van der Waals surface area contributed by atoms with Crippen molar-refractivity contribution in [2.24, 2.45) is 5.73 Å². The van der Waals surface area contributed by atoms with Crippen molar-refractivity contribution < 1.29 is 63.1 Å². The van der Waals surface area contributed by atoms with Gasteiger partial charge in [0.2, 0.25) is 0 Å². The molecule has 0 aliphatic heterocycles. The Kier molecular flexibility index (Phi) is 76.1. The zero-order chi connectivity index (χ0) is 58.1. The quantitative estimate of drug-likeness (QED) is 0.0146. The topological polar surface area (TPSA) is 234 Å². The monoisotopic (exact) mass is 1130 g/mol. The number of halogens is 2. The summed E-state index contributed by atoms with van der Waals surface area (Å²) in [4.78, 5) is 76.9. The number of aliphatic carboxylic acids is 1. The molecule has 0 saturated carbocycles. The molecule has 0 aliphatic rings. The highest BCUT2D eigenvalue weighted by molar-refractivity contribution is 6.40. The van der Waals surface area contributed by atoms with Gasteiger partial charge in [-0.25, -0.2) is 4.79 Å². The Hall–Kier alpha value is -2.65. The fraction of sp³-hybridized carbons (Fsp3) is 0.883. The maximum atomic E-state index is 11.6. The number of hydrogen-bond acceptors (Lipinski definition) is 13. The molecule has 14 nitrogen and oxygen atoms in total. The Morgan fingerprint density at radius 2 is 0.618 bits per heavy atom. The number of aliphatic hydroxyl groups excluding tert-OH is 2. The number of hydrogen-bond donors (Lipinski definition) is 4. The lowest BCUT2D eigenvalue weighted by Gasteiger charge is -2.09. The number of nitrogens with two attached hydrogens (primary N) is 1. The van der Waals surface area contributed by atoms with Crippen LogP contribution in [0.1, 0.15) is 297 Å². The molecule has 0 aromatic carbocycles. The number of methoxy groups -OCH3 is 3. The van der Waals surface area contributed by atoms with Crippen molar-refractivity contribution in [3.63, 3.8) is 0 Å². The van der Waals surface area contributed by atoms with Crippen molar-refractivity contribution in [3.8, 4) is 0 Å². The fourth-order valence-electron chi connectivity index (χ4n) is 7.94. The van der Waals surface area contributed by atoms with E-state index >= 15 is 0 Å². The van der Waals surface area contributed by atoms with Crippen LogP contribution in [0.5, 0.6) is 0 Å². The summed E-state index contributed by atoms with van der Waals surface area (Å²) in [6.45, 7) is 6.70. The summed E-state index contributed by atoms with van der Waals surface area (Å²) >= 11 is 9.53. The number of rotatable bonds is 49. The van der Waals surface area contributed by atoms with Crippen LogP contribution >= 0.6 is 23.2 Å². The molecule has 0 bridgehead atoms. The maximum Gasteiger partial charge on any atom is 0.332 e. The number of carboxylic acid groups (broad SMARTS) is 1. The normalized spacial score (nSPS) is 11.1. The van der Waals surface area contributed by atoms with Crippen LogP contribution in [-0.4, -0.2) is 102 Å². The largest absolute Gasteiger partial charge is 0.479 e. The molecule has 2 unspecified atom stereocenters. The molecule has 0 aromatic rings.